The van der Waals surface area contributed by atoms with Crippen LogP contribution in [0.4, 0.5) is 0 Å². The van der Waals surface area contributed by atoms with Crippen molar-refractivity contribution < 1.29 is 9.90 Å². The number of rotatable bonds is 3. The summed E-state index contributed by atoms with van der Waals surface area (Å²) in [7, 11) is 0. The summed E-state index contributed by atoms with van der Waals surface area (Å²) in [4.78, 5) is 22.6. The van der Waals surface area contributed by atoms with E-state index in [0.717, 1.165) is 4.68 Å². The van der Waals surface area contributed by atoms with Crippen LogP contribution in [0.2, 0.25) is 0 Å². The second kappa shape index (κ2) is 4.79. The van der Waals surface area contributed by atoms with E-state index in [9.17, 15) is 9.59 Å². The van der Waals surface area contributed by atoms with Crippen molar-refractivity contribution in [1.29, 1.82) is 0 Å². The average molecular weight is 245 g/mol. The van der Waals surface area contributed by atoms with Gasteiger partial charge in [-0.05, 0) is 19.1 Å². The molecule has 0 aliphatic heterocycles. The van der Waals surface area contributed by atoms with Crippen LogP contribution in [0.3, 0.4) is 0 Å². The number of hydrogen-bond acceptors (Lipinski definition) is 4. The molecular formula is C12H11N3O3. The van der Waals surface area contributed by atoms with E-state index in [0.29, 0.717) is 10.9 Å². The first kappa shape index (κ1) is 12.0. The SMILES string of the molecule is CC(=CCn1nnc2ccccc2c1=O)C(=O)O. The Hall–Kier alpha value is -2.50. The molecule has 1 N–H and O–H groups in total. The molecule has 0 saturated carbocycles. The quantitative estimate of drug-likeness (QED) is 0.809. The van der Waals surface area contributed by atoms with Crippen LogP contribution in [-0.2, 0) is 11.3 Å². The zero-order valence-electron chi connectivity index (χ0n) is 9.70. The van der Waals surface area contributed by atoms with Crippen LogP contribution in [-0.4, -0.2) is 26.1 Å². The Morgan fingerprint density at radius 3 is 2.89 bits per heavy atom. The molecule has 0 aliphatic carbocycles. The van der Waals surface area contributed by atoms with Crippen LogP contribution in [0.25, 0.3) is 10.9 Å². The smallest absolute Gasteiger partial charge is 0.331 e. The Morgan fingerprint density at radius 2 is 2.17 bits per heavy atom. The number of aliphatic carboxylic acids is 1. The number of nitrogens with zero attached hydrogens (tertiary/aromatic N) is 3. The van der Waals surface area contributed by atoms with Crippen molar-refractivity contribution in [3.05, 3.63) is 46.3 Å². The van der Waals surface area contributed by atoms with Gasteiger partial charge in [0.05, 0.1) is 11.9 Å². The number of aromatic nitrogens is 3. The molecule has 0 radical (unpaired) electrons. The van der Waals surface area contributed by atoms with Crippen LogP contribution < -0.4 is 5.56 Å². The van der Waals surface area contributed by atoms with Gasteiger partial charge in [0, 0.05) is 5.57 Å². The van der Waals surface area contributed by atoms with Gasteiger partial charge in [0.2, 0.25) is 0 Å². The summed E-state index contributed by atoms with van der Waals surface area (Å²) >= 11 is 0. The lowest BCUT2D eigenvalue weighted by molar-refractivity contribution is -0.132. The Morgan fingerprint density at radius 1 is 1.44 bits per heavy atom. The van der Waals surface area contributed by atoms with E-state index >= 15 is 0 Å². The maximum atomic E-state index is 12.0. The van der Waals surface area contributed by atoms with Gasteiger partial charge in [0.1, 0.15) is 5.52 Å². The average Bonchev–Trinajstić information content (AvgIpc) is 2.38. The summed E-state index contributed by atoms with van der Waals surface area (Å²) in [6, 6.07) is 6.88. The normalized spacial score (nSPS) is 11.7. The number of carboxylic acid groups (broad SMARTS) is 1. The van der Waals surface area contributed by atoms with E-state index in [4.69, 9.17) is 5.11 Å². The van der Waals surface area contributed by atoms with Crippen molar-refractivity contribution >= 4 is 16.9 Å². The molecule has 0 bridgehead atoms. The monoisotopic (exact) mass is 245 g/mol. The molecule has 0 spiro atoms. The summed E-state index contributed by atoms with van der Waals surface area (Å²) in [5.41, 5.74) is 0.407. The minimum atomic E-state index is -1.02. The van der Waals surface area contributed by atoms with Gasteiger partial charge in [-0.25, -0.2) is 9.48 Å². The molecule has 92 valence electrons. The van der Waals surface area contributed by atoms with E-state index in [1.807, 2.05) is 0 Å². The van der Waals surface area contributed by atoms with E-state index in [1.165, 1.54) is 13.0 Å². The molecule has 0 fully saturated rings. The third-order valence-corrected chi connectivity index (χ3v) is 2.54. The van der Waals surface area contributed by atoms with Crippen LogP contribution in [0.1, 0.15) is 6.92 Å². The largest absolute Gasteiger partial charge is 0.478 e. The van der Waals surface area contributed by atoms with E-state index in [2.05, 4.69) is 10.3 Å². The Kier molecular flexibility index (Phi) is 3.18. The molecule has 0 saturated heterocycles. The minimum Gasteiger partial charge on any atom is -0.478 e. The summed E-state index contributed by atoms with van der Waals surface area (Å²) in [5.74, 6) is -1.02. The maximum absolute atomic E-state index is 12.0. The predicted molar refractivity (Wildman–Crippen MR) is 65.2 cm³/mol. The standard InChI is InChI=1S/C12H11N3O3/c1-8(12(17)18)6-7-15-11(16)9-4-2-3-5-10(9)13-14-15/h2-6H,7H2,1H3,(H,17,18). The van der Waals surface area contributed by atoms with Crippen molar-refractivity contribution in [2.45, 2.75) is 13.5 Å². The first-order valence-electron chi connectivity index (χ1n) is 5.32. The number of carbonyl (C=O) groups is 1. The molecule has 18 heavy (non-hydrogen) atoms. The highest BCUT2D eigenvalue weighted by atomic mass is 16.4. The maximum Gasteiger partial charge on any atom is 0.331 e. The highest BCUT2D eigenvalue weighted by molar-refractivity contribution is 5.85. The molecule has 0 aliphatic rings. The molecule has 1 aromatic heterocycles. The zero-order valence-corrected chi connectivity index (χ0v) is 9.70. The second-order valence-electron chi connectivity index (χ2n) is 3.79. The lowest BCUT2D eigenvalue weighted by atomic mass is 10.2. The summed E-state index contributed by atoms with van der Waals surface area (Å²) in [6.45, 7) is 1.55. The van der Waals surface area contributed by atoms with Crippen molar-refractivity contribution in [3.8, 4) is 0 Å². The van der Waals surface area contributed by atoms with Crippen molar-refractivity contribution in [3.63, 3.8) is 0 Å². The molecule has 0 amide bonds. The molecule has 1 heterocycles. The fraction of sp³-hybridized carbons (Fsp3) is 0.167. The summed E-state index contributed by atoms with van der Waals surface area (Å²) < 4.78 is 1.13. The third kappa shape index (κ3) is 2.27. The van der Waals surface area contributed by atoms with Gasteiger partial charge in [-0.2, -0.15) is 0 Å². The first-order chi connectivity index (χ1) is 8.59. The Balaban J connectivity index is 2.42. The topological polar surface area (TPSA) is 85.1 Å². The molecule has 2 rings (SSSR count). The van der Waals surface area contributed by atoms with E-state index in [1.54, 1.807) is 24.3 Å². The van der Waals surface area contributed by atoms with Gasteiger partial charge in [-0.15, -0.1) is 5.10 Å². The Bertz CT molecular complexity index is 688. The first-order valence-corrected chi connectivity index (χ1v) is 5.32. The van der Waals surface area contributed by atoms with Gasteiger partial charge in [0.25, 0.3) is 5.56 Å². The van der Waals surface area contributed by atoms with Crippen LogP contribution in [0.5, 0.6) is 0 Å². The lowest BCUT2D eigenvalue weighted by Gasteiger charge is -2.01. The number of benzene rings is 1. The molecule has 6 nitrogen and oxygen atoms in total. The van der Waals surface area contributed by atoms with Gasteiger partial charge in [0.15, 0.2) is 0 Å². The summed E-state index contributed by atoms with van der Waals surface area (Å²) in [6.07, 6.45) is 1.42. The molecular weight excluding hydrogens is 234 g/mol. The molecule has 6 heteroatoms. The lowest BCUT2D eigenvalue weighted by Crippen LogP contribution is -2.23. The molecule has 1 aromatic carbocycles. The van der Waals surface area contributed by atoms with Crippen molar-refractivity contribution in [1.82, 2.24) is 15.0 Å². The van der Waals surface area contributed by atoms with E-state index in [-0.39, 0.29) is 17.7 Å². The number of carboxylic acids is 1. The predicted octanol–water partition coefficient (Wildman–Crippen LogP) is 0.822. The van der Waals surface area contributed by atoms with E-state index < -0.39 is 5.97 Å². The fourth-order valence-electron chi connectivity index (χ4n) is 1.45. The molecule has 2 aromatic rings. The third-order valence-electron chi connectivity index (χ3n) is 2.54. The van der Waals surface area contributed by atoms with Crippen LogP contribution >= 0.6 is 0 Å². The zero-order chi connectivity index (χ0) is 13.1. The van der Waals surface area contributed by atoms with Gasteiger partial charge in [-0.1, -0.05) is 23.4 Å². The van der Waals surface area contributed by atoms with Crippen molar-refractivity contribution in [2.24, 2.45) is 0 Å². The number of hydrogen-bond donors (Lipinski definition) is 1. The van der Waals surface area contributed by atoms with Gasteiger partial charge >= 0.3 is 5.97 Å². The van der Waals surface area contributed by atoms with Gasteiger partial charge in [-0.3, -0.25) is 4.79 Å². The van der Waals surface area contributed by atoms with Crippen LogP contribution in [0, 0.1) is 0 Å². The highest BCUT2D eigenvalue weighted by Gasteiger charge is 2.04. The number of fused-ring (bicyclic) bond motifs is 1. The Labute approximate surface area is 102 Å². The van der Waals surface area contributed by atoms with Gasteiger partial charge < -0.3 is 5.11 Å². The highest BCUT2D eigenvalue weighted by Crippen LogP contribution is 2.03. The van der Waals surface area contributed by atoms with Crippen molar-refractivity contribution in [2.75, 3.05) is 0 Å². The summed E-state index contributed by atoms with van der Waals surface area (Å²) in [5, 5.41) is 16.8. The van der Waals surface area contributed by atoms with Crippen LogP contribution in [0.15, 0.2) is 40.7 Å². The second-order valence-corrected chi connectivity index (χ2v) is 3.79. The number of allylic oxidation sites excluding steroid dienone is 1. The minimum absolute atomic E-state index is 0.0921. The fourth-order valence-corrected chi connectivity index (χ4v) is 1.45. The molecule has 0 atom stereocenters. The molecule has 0 unspecified atom stereocenters.